The summed E-state index contributed by atoms with van der Waals surface area (Å²) in [6.07, 6.45) is 1.35. The van der Waals surface area contributed by atoms with E-state index in [0.717, 1.165) is 7.14 Å². The van der Waals surface area contributed by atoms with Crippen molar-refractivity contribution < 1.29 is 37.9 Å². The molecule has 0 aromatic heterocycles. The summed E-state index contributed by atoms with van der Waals surface area (Å²) in [5, 5.41) is 16.1. The summed E-state index contributed by atoms with van der Waals surface area (Å²) in [5.74, 6) is -2.00. The Balaban J connectivity index is 0.000000225. The van der Waals surface area contributed by atoms with E-state index in [-0.39, 0.29) is 35.7 Å². The van der Waals surface area contributed by atoms with Gasteiger partial charge < -0.3 is 20.5 Å². The molecule has 4 aromatic rings. The van der Waals surface area contributed by atoms with E-state index in [9.17, 15) is 23.5 Å². The molecule has 0 aliphatic heterocycles. The maximum Gasteiger partial charge on any atom is 0.276 e. The number of carbonyl (C=O) groups excluding carboxylic acids is 2. The zero-order valence-corrected chi connectivity index (χ0v) is 32.3. The van der Waals surface area contributed by atoms with E-state index in [4.69, 9.17) is 37.6 Å². The Hall–Kier alpha value is -2.84. The van der Waals surface area contributed by atoms with Crippen molar-refractivity contribution >= 4 is 103 Å². The second kappa shape index (κ2) is 19.1. The fourth-order valence-corrected chi connectivity index (χ4v) is 5.97. The normalized spacial score (nSPS) is 12.7. The molecule has 0 spiro atoms. The highest BCUT2D eigenvalue weighted by Crippen LogP contribution is 2.38. The molecule has 0 saturated heterocycles. The van der Waals surface area contributed by atoms with E-state index in [1.807, 2.05) is 19.1 Å². The van der Waals surface area contributed by atoms with Gasteiger partial charge in [-0.2, -0.15) is 0 Å². The quantitative estimate of drug-likeness (QED) is 0.0484. The van der Waals surface area contributed by atoms with Crippen LogP contribution in [0.1, 0.15) is 40.5 Å². The Morgan fingerprint density at radius 3 is 1.70 bits per heavy atom. The van der Waals surface area contributed by atoms with Crippen LogP contribution in [0.4, 0.5) is 31.5 Å². The Morgan fingerprint density at radius 2 is 1.26 bits per heavy atom. The van der Waals surface area contributed by atoms with Crippen molar-refractivity contribution in [2.45, 2.75) is 25.4 Å². The number of halogens is 6. The van der Waals surface area contributed by atoms with Crippen molar-refractivity contribution in [2.75, 3.05) is 37.1 Å². The van der Waals surface area contributed by atoms with Crippen LogP contribution < -0.4 is 21.6 Å². The number of benzene rings is 4. The van der Waals surface area contributed by atoms with Crippen molar-refractivity contribution in [1.29, 1.82) is 0 Å². The van der Waals surface area contributed by atoms with Gasteiger partial charge in [0.05, 0.1) is 63.7 Å². The highest BCUT2D eigenvalue weighted by Gasteiger charge is 2.45. The lowest BCUT2D eigenvalue weighted by Gasteiger charge is -2.16. The molecule has 266 valence electrons. The minimum atomic E-state index is -0.692. The van der Waals surface area contributed by atoms with Gasteiger partial charge in [-0.3, -0.25) is 19.3 Å². The molecule has 1 fully saturated rings. The number of aliphatic hydroxyl groups excluding tert-OH is 1. The molecule has 2 amide bonds. The standard InChI is InChI=1S/C17H15ClFIN2O3.C17H17ClFIN2O3/c18-13-8-11(20)2-4-14(13)21-15-7-10(19)1-3-12(15)16(24)22-25-17(9-23)5-6-17;1-2-24-7-8-25-22-17(23)13-5-3-11(19)9-16(13)21-15-6-4-12(20)10-14(15)18/h1-4,7-8,21,23H,5-6,9H2,(H,22,24);3-6,9-10,21H,2,7-8H2,1H3,(H,22,23). The minimum absolute atomic E-state index is 0.167. The number of hydrogen-bond donors (Lipinski definition) is 5. The van der Waals surface area contributed by atoms with Crippen molar-refractivity contribution in [3.8, 4) is 0 Å². The lowest BCUT2D eigenvalue weighted by molar-refractivity contribution is -0.0566. The molecule has 0 atom stereocenters. The molecule has 5 N–H and O–H groups in total. The summed E-state index contributed by atoms with van der Waals surface area (Å²) in [4.78, 5) is 35.0. The van der Waals surface area contributed by atoms with Gasteiger partial charge in [-0.15, -0.1) is 0 Å². The summed E-state index contributed by atoms with van der Waals surface area (Å²) in [6, 6.07) is 18.3. The molecular weight excluding hydrogens is 923 g/mol. The van der Waals surface area contributed by atoms with Crippen LogP contribution >= 0.6 is 68.4 Å². The highest BCUT2D eigenvalue weighted by atomic mass is 127. The first kappa shape index (κ1) is 39.9. The third kappa shape index (κ3) is 11.9. The predicted octanol–water partition coefficient (Wildman–Crippen LogP) is 8.54. The van der Waals surface area contributed by atoms with Crippen LogP contribution in [0.2, 0.25) is 10.0 Å². The summed E-state index contributed by atoms with van der Waals surface area (Å²) in [7, 11) is 0. The summed E-state index contributed by atoms with van der Waals surface area (Å²) >= 11 is 16.6. The lowest BCUT2D eigenvalue weighted by atomic mass is 10.1. The van der Waals surface area contributed by atoms with Crippen molar-refractivity contribution in [3.63, 3.8) is 0 Å². The average Bonchev–Trinajstić information content (AvgIpc) is 3.87. The van der Waals surface area contributed by atoms with E-state index in [1.54, 1.807) is 24.3 Å². The average molecular weight is 955 g/mol. The largest absolute Gasteiger partial charge is 0.393 e. The minimum Gasteiger partial charge on any atom is -0.393 e. The number of ether oxygens (including phenoxy) is 1. The van der Waals surface area contributed by atoms with E-state index in [1.165, 1.54) is 36.4 Å². The topological polar surface area (TPSA) is 130 Å². The Labute approximate surface area is 324 Å². The zero-order valence-electron chi connectivity index (χ0n) is 26.4. The molecule has 5 rings (SSSR count). The van der Waals surface area contributed by atoms with Crippen LogP contribution in [0.5, 0.6) is 0 Å². The number of hydroxylamine groups is 2. The van der Waals surface area contributed by atoms with Gasteiger partial charge in [0.2, 0.25) is 0 Å². The summed E-state index contributed by atoms with van der Waals surface area (Å²) < 4.78 is 34.3. The Bertz CT molecular complexity index is 1820. The van der Waals surface area contributed by atoms with Gasteiger partial charge in [0.1, 0.15) is 17.2 Å². The van der Waals surface area contributed by atoms with Crippen molar-refractivity contribution in [3.05, 3.63) is 113 Å². The number of rotatable bonds is 14. The van der Waals surface area contributed by atoms with Crippen LogP contribution in [0.25, 0.3) is 0 Å². The maximum atomic E-state index is 13.6. The first-order valence-electron chi connectivity index (χ1n) is 15.1. The van der Waals surface area contributed by atoms with E-state index < -0.39 is 29.0 Å². The van der Waals surface area contributed by atoms with Crippen LogP contribution in [0.15, 0.2) is 72.8 Å². The second-order valence-corrected chi connectivity index (χ2v) is 14.0. The molecule has 1 aliphatic rings. The van der Waals surface area contributed by atoms with Crippen LogP contribution in [0.3, 0.4) is 0 Å². The number of carbonyl (C=O) groups is 2. The molecule has 0 unspecified atom stereocenters. The van der Waals surface area contributed by atoms with Crippen molar-refractivity contribution in [1.82, 2.24) is 11.0 Å². The predicted molar refractivity (Wildman–Crippen MR) is 205 cm³/mol. The first-order chi connectivity index (χ1) is 23.9. The highest BCUT2D eigenvalue weighted by molar-refractivity contribution is 14.1. The fourth-order valence-electron chi connectivity index (χ4n) is 4.17. The monoisotopic (exact) mass is 954 g/mol. The zero-order chi connectivity index (χ0) is 36.3. The Kier molecular flexibility index (Phi) is 15.3. The van der Waals surface area contributed by atoms with Crippen LogP contribution in [-0.2, 0) is 14.4 Å². The smallest absolute Gasteiger partial charge is 0.276 e. The number of hydrogen-bond acceptors (Lipinski definition) is 8. The van der Waals surface area contributed by atoms with E-state index >= 15 is 0 Å². The molecule has 0 bridgehead atoms. The number of nitrogens with one attached hydrogen (secondary N) is 4. The molecule has 0 heterocycles. The number of aliphatic hydroxyl groups is 1. The van der Waals surface area contributed by atoms with E-state index in [0.29, 0.717) is 47.5 Å². The van der Waals surface area contributed by atoms with Crippen molar-refractivity contribution in [2.24, 2.45) is 0 Å². The molecule has 16 heteroatoms. The Morgan fingerprint density at radius 1 is 0.760 bits per heavy atom. The first-order valence-corrected chi connectivity index (χ1v) is 18.0. The third-order valence-corrected chi connectivity index (χ3v) is 8.98. The molecule has 10 nitrogen and oxygen atoms in total. The van der Waals surface area contributed by atoms with Gasteiger partial charge in [-0.1, -0.05) is 23.2 Å². The number of amides is 2. The van der Waals surface area contributed by atoms with Gasteiger partial charge in [0.15, 0.2) is 0 Å². The molecule has 1 aliphatic carbocycles. The van der Waals surface area contributed by atoms with Gasteiger partial charge >= 0.3 is 0 Å². The summed E-state index contributed by atoms with van der Waals surface area (Å²) in [6.45, 7) is 2.85. The summed E-state index contributed by atoms with van der Waals surface area (Å²) in [5.41, 5.74) is 6.04. The molecular formula is C34H32Cl2F2I2N4O6. The van der Waals surface area contributed by atoms with Crippen LogP contribution in [-0.4, -0.2) is 48.9 Å². The molecule has 4 aromatic carbocycles. The number of anilines is 4. The van der Waals surface area contributed by atoms with Gasteiger partial charge in [0.25, 0.3) is 11.8 Å². The van der Waals surface area contributed by atoms with Crippen LogP contribution in [0, 0.1) is 18.8 Å². The van der Waals surface area contributed by atoms with Gasteiger partial charge in [-0.25, -0.2) is 19.7 Å². The lowest BCUT2D eigenvalue weighted by Crippen LogP contribution is -2.33. The fraction of sp³-hybridized carbons (Fsp3) is 0.235. The van der Waals surface area contributed by atoms with Gasteiger partial charge in [0, 0.05) is 13.7 Å². The maximum absolute atomic E-state index is 13.6. The molecule has 0 radical (unpaired) electrons. The van der Waals surface area contributed by atoms with E-state index in [2.05, 4.69) is 66.8 Å². The molecule has 50 heavy (non-hydrogen) atoms. The van der Waals surface area contributed by atoms with Gasteiger partial charge in [-0.05, 0) is 138 Å². The SMILES string of the molecule is CCOCCONC(=O)c1ccc(F)cc1Nc1ccc(I)cc1Cl.O=C(NOC1(CO)CC1)c1ccc(F)cc1Nc1ccc(I)cc1Cl. The second-order valence-electron chi connectivity index (χ2n) is 10.7. The third-order valence-electron chi connectivity index (χ3n) is 7.01. The molecule has 1 saturated carbocycles.